The van der Waals surface area contributed by atoms with Gasteiger partial charge in [0.25, 0.3) is 5.91 Å². The standard InChI is InChI=1S/C42H51ClN6O8S/c1-6-25-23-42(25,40(53)47-58(54,55)27-13-14-27)46-37(51)33-20-26(24-49(33)39(52)30(41(2,3)4)22-35(50)48-18-10-7-11-19-48)57-38-28-15-16-34(56-5)36(43)29(28)21-32(45-38)31-12-8-9-17-44-31/h6,8-9,12,15-17,21,25-27,30,33H,1,7,10-11,13-14,18-20,22-24H2,2-5H3,(H,46,51)(H,47,53)/t25-,26-,30-,33+,42?/m1/s1. The molecular weight excluding hydrogens is 784 g/mol. The fraction of sp³-hybridized carbons (Fsp3) is 0.524. The summed E-state index contributed by atoms with van der Waals surface area (Å²) in [5.41, 5.74) is -1.20. The van der Waals surface area contributed by atoms with Gasteiger partial charge >= 0.3 is 0 Å². The Balaban J connectivity index is 1.23. The van der Waals surface area contributed by atoms with E-state index in [0.29, 0.717) is 58.9 Å². The quantitative estimate of drug-likeness (QED) is 0.222. The molecule has 58 heavy (non-hydrogen) atoms. The summed E-state index contributed by atoms with van der Waals surface area (Å²) >= 11 is 6.83. The number of pyridine rings is 2. The summed E-state index contributed by atoms with van der Waals surface area (Å²) in [5, 5.41) is 3.69. The van der Waals surface area contributed by atoms with E-state index in [9.17, 15) is 27.6 Å². The van der Waals surface area contributed by atoms with Crippen molar-refractivity contribution in [2.75, 3.05) is 26.7 Å². The van der Waals surface area contributed by atoms with Gasteiger partial charge in [0.05, 0.1) is 41.2 Å². The summed E-state index contributed by atoms with van der Waals surface area (Å²) in [4.78, 5) is 69.3. The minimum atomic E-state index is -3.92. The zero-order chi connectivity index (χ0) is 41.6. The lowest BCUT2D eigenvalue weighted by molar-refractivity contribution is -0.148. The number of aromatic nitrogens is 2. The first-order chi connectivity index (χ1) is 27.6. The van der Waals surface area contributed by atoms with Crippen LogP contribution in [0.4, 0.5) is 0 Å². The van der Waals surface area contributed by atoms with Crippen molar-refractivity contribution in [2.24, 2.45) is 17.3 Å². The highest BCUT2D eigenvalue weighted by Gasteiger charge is 2.62. The average Bonchev–Trinajstić information content (AvgIpc) is 4.14. The predicted octanol–water partition coefficient (Wildman–Crippen LogP) is 5.04. The fourth-order valence-electron chi connectivity index (χ4n) is 8.10. The lowest BCUT2D eigenvalue weighted by atomic mass is 9.77. The Labute approximate surface area is 344 Å². The number of likely N-dealkylation sites (tertiary alicyclic amines) is 2. The molecule has 0 bridgehead atoms. The highest BCUT2D eigenvalue weighted by molar-refractivity contribution is 7.91. The van der Waals surface area contributed by atoms with Crippen LogP contribution >= 0.6 is 11.6 Å². The molecule has 4 fully saturated rings. The van der Waals surface area contributed by atoms with E-state index in [2.05, 4.69) is 21.6 Å². The number of amides is 4. The van der Waals surface area contributed by atoms with Gasteiger partial charge in [0.1, 0.15) is 23.4 Å². The second-order valence-electron chi connectivity index (χ2n) is 16.9. The summed E-state index contributed by atoms with van der Waals surface area (Å²) < 4.78 is 40.0. The van der Waals surface area contributed by atoms with Gasteiger partial charge in [0, 0.05) is 48.8 Å². The molecule has 16 heteroatoms. The van der Waals surface area contributed by atoms with Crippen LogP contribution in [0.3, 0.4) is 0 Å². The van der Waals surface area contributed by atoms with Crippen LogP contribution in [0.5, 0.6) is 11.6 Å². The molecule has 1 unspecified atom stereocenters. The maximum absolute atomic E-state index is 14.9. The third-order valence-electron chi connectivity index (χ3n) is 11.8. The van der Waals surface area contributed by atoms with Crippen molar-refractivity contribution >= 4 is 56.0 Å². The Bertz CT molecular complexity index is 2220. The second kappa shape index (κ2) is 16.1. The molecule has 1 aromatic carbocycles. The topological polar surface area (TPSA) is 177 Å². The van der Waals surface area contributed by atoms with E-state index in [4.69, 9.17) is 26.1 Å². The first kappa shape index (κ1) is 41.4. The summed E-state index contributed by atoms with van der Waals surface area (Å²) in [6, 6.07) is 9.55. The normalized spacial score (nSPS) is 23.8. The number of nitrogens with zero attached hydrogens (tertiary/aromatic N) is 4. The zero-order valence-electron chi connectivity index (χ0n) is 33.3. The minimum Gasteiger partial charge on any atom is -0.495 e. The van der Waals surface area contributed by atoms with E-state index in [1.165, 1.54) is 18.1 Å². The molecule has 2 saturated heterocycles. The Morgan fingerprint density at radius 1 is 1.07 bits per heavy atom. The van der Waals surface area contributed by atoms with E-state index in [1.54, 1.807) is 36.5 Å². The maximum Gasteiger partial charge on any atom is 0.259 e. The Morgan fingerprint density at radius 3 is 2.43 bits per heavy atom. The van der Waals surface area contributed by atoms with Crippen molar-refractivity contribution in [1.29, 1.82) is 0 Å². The third-order valence-corrected chi connectivity index (χ3v) is 14.0. The number of piperidine rings is 1. The van der Waals surface area contributed by atoms with Crippen molar-refractivity contribution in [3.05, 3.63) is 60.3 Å². The lowest BCUT2D eigenvalue weighted by Crippen LogP contribution is -2.57. The highest BCUT2D eigenvalue weighted by atomic mass is 35.5. The lowest BCUT2D eigenvalue weighted by Gasteiger charge is -2.36. The molecule has 0 spiro atoms. The molecule has 2 aromatic heterocycles. The van der Waals surface area contributed by atoms with Crippen LogP contribution in [-0.4, -0.2) is 101 Å². The number of carbonyl (C=O) groups is 4. The summed E-state index contributed by atoms with van der Waals surface area (Å²) in [5.74, 6) is -2.68. The largest absolute Gasteiger partial charge is 0.495 e. The van der Waals surface area contributed by atoms with Gasteiger partial charge in [-0.25, -0.2) is 13.4 Å². The van der Waals surface area contributed by atoms with E-state index < -0.39 is 67.9 Å². The number of methoxy groups -OCH3 is 1. The Kier molecular flexibility index (Phi) is 11.5. The van der Waals surface area contributed by atoms with Gasteiger partial charge in [-0.3, -0.25) is 28.9 Å². The molecule has 0 radical (unpaired) electrons. The second-order valence-corrected chi connectivity index (χ2v) is 19.3. The third kappa shape index (κ3) is 8.38. The molecule has 2 aliphatic carbocycles. The van der Waals surface area contributed by atoms with E-state index >= 15 is 0 Å². The van der Waals surface area contributed by atoms with Gasteiger partial charge in [0.2, 0.25) is 33.6 Å². The molecule has 2 saturated carbocycles. The summed E-state index contributed by atoms with van der Waals surface area (Å²) in [6.45, 7) is 10.7. The van der Waals surface area contributed by atoms with Crippen LogP contribution in [0.15, 0.2) is 55.3 Å². The van der Waals surface area contributed by atoms with Crippen LogP contribution in [0.1, 0.15) is 72.1 Å². The molecule has 2 N–H and O–H groups in total. The minimum absolute atomic E-state index is 0.00616. The molecular formula is C42H51ClN6O8S. The summed E-state index contributed by atoms with van der Waals surface area (Å²) in [7, 11) is -2.40. The van der Waals surface area contributed by atoms with E-state index in [-0.39, 0.29) is 37.6 Å². The van der Waals surface area contributed by atoms with Crippen LogP contribution in [0, 0.1) is 17.3 Å². The SMILES string of the molecule is C=C[C@@H]1CC1(NC(=O)[C@@H]1C[C@@H](Oc2nc(-c3ccccn3)cc3c(Cl)c(OC)ccc23)CN1C(=O)[C@@H](CC(=O)N1CCCCC1)C(C)(C)C)C(=O)NS(=O)(=O)C1CC1. The first-order valence-corrected chi connectivity index (χ1v) is 21.8. The number of sulfonamides is 1. The number of hydrogen-bond acceptors (Lipinski definition) is 10. The number of ether oxygens (including phenoxy) is 2. The van der Waals surface area contributed by atoms with Crippen LogP contribution in [0.2, 0.25) is 5.02 Å². The molecule has 4 heterocycles. The van der Waals surface area contributed by atoms with Crippen LogP contribution in [0.25, 0.3) is 22.2 Å². The van der Waals surface area contributed by atoms with Gasteiger partial charge in [0.15, 0.2) is 0 Å². The maximum atomic E-state index is 14.9. The number of nitrogens with one attached hydrogen (secondary N) is 2. The number of halogens is 1. The van der Waals surface area contributed by atoms with Gasteiger partial charge in [-0.05, 0) is 74.3 Å². The molecule has 310 valence electrons. The number of fused-ring (bicyclic) bond motifs is 1. The smallest absolute Gasteiger partial charge is 0.259 e. The van der Waals surface area contributed by atoms with Crippen molar-refractivity contribution in [3.63, 3.8) is 0 Å². The predicted molar refractivity (Wildman–Crippen MR) is 218 cm³/mol. The summed E-state index contributed by atoms with van der Waals surface area (Å²) in [6.07, 6.45) is 6.25. The molecule has 7 rings (SSSR count). The highest BCUT2D eigenvalue weighted by Crippen LogP contribution is 2.46. The average molecular weight is 835 g/mol. The fourth-order valence-corrected chi connectivity index (χ4v) is 9.76. The number of rotatable bonds is 13. The van der Waals surface area contributed by atoms with Crippen molar-refractivity contribution < 1.29 is 37.1 Å². The number of benzene rings is 1. The van der Waals surface area contributed by atoms with Crippen molar-refractivity contribution in [1.82, 2.24) is 29.8 Å². The van der Waals surface area contributed by atoms with E-state index in [0.717, 1.165) is 19.3 Å². The monoisotopic (exact) mass is 834 g/mol. The number of carbonyl (C=O) groups excluding carboxylic acids is 4. The Hall–Kier alpha value is -4.76. The molecule has 2 aliphatic heterocycles. The first-order valence-electron chi connectivity index (χ1n) is 19.9. The van der Waals surface area contributed by atoms with Gasteiger partial charge < -0.3 is 24.6 Å². The zero-order valence-corrected chi connectivity index (χ0v) is 34.9. The molecule has 4 amide bonds. The molecule has 3 aromatic rings. The molecule has 14 nitrogen and oxygen atoms in total. The number of hydrogen-bond donors (Lipinski definition) is 2. The Morgan fingerprint density at radius 2 is 1.81 bits per heavy atom. The van der Waals surface area contributed by atoms with Gasteiger partial charge in [-0.2, -0.15) is 0 Å². The molecule has 4 aliphatic rings. The van der Waals surface area contributed by atoms with Crippen LogP contribution < -0.4 is 19.5 Å². The van der Waals surface area contributed by atoms with Crippen molar-refractivity contribution in [3.8, 4) is 23.0 Å². The molecule has 5 atom stereocenters. The van der Waals surface area contributed by atoms with Crippen LogP contribution in [-0.2, 0) is 29.2 Å². The van der Waals surface area contributed by atoms with Gasteiger partial charge in [-0.1, -0.05) is 44.5 Å². The van der Waals surface area contributed by atoms with Crippen molar-refractivity contribution in [2.45, 2.75) is 95.1 Å². The van der Waals surface area contributed by atoms with E-state index in [1.807, 2.05) is 31.7 Å². The van der Waals surface area contributed by atoms with Gasteiger partial charge in [-0.15, -0.1) is 6.58 Å².